The van der Waals surface area contributed by atoms with Gasteiger partial charge in [0.15, 0.2) is 5.79 Å². The van der Waals surface area contributed by atoms with E-state index in [9.17, 15) is 0 Å². The van der Waals surface area contributed by atoms with Crippen LogP contribution in [-0.4, -0.2) is 17.4 Å². The van der Waals surface area contributed by atoms with Crippen molar-refractivity contribution in [1.29, 1.82) is 0 Å². The zero-order chi connectivity index (χ0) is 10.2. The highest BCUT2D eigenvalue weighted by molar-refractivity contribution is 5.37. The first kappa shape index (κ1) is 9.43. The Balaban J connectivity index is 2.17. The molecule has 76 valence electrons. The van der Waals surface area contributed by atoms with Crippen molar-refractivity contribution in [3.05, 3.63) is 24.0 Å². The summed E-state index contributed by atoms with van der Waals surface area (Å²) in [4.78, 5) is 4.20. The standard InChI is InChI=1S/C10H14N2O2/c1-10(2)13-6-9(14-10)8-5-7(11)3-4-12-8/h3-5,9H,6H2,1-2H3,(H2,11,12)/t9-/m0/s1. The lowest BCUT2D eigenvalue weighted by Crippen LogP contribution is -2.19. The molecule has 2 rings (SSSR count). The van der Waals surface area contributed by atoms with Crippen molar-refractivity contribution in [2.24, 2.45) is 0 Å². The molecule has 0 aliphatic carbocycles. The van der Waals surface area contributed by atoms with Gasteiger partial charge >= 0.3 is 0 Å². The maximum atomic E-state index is 5.66. The number of hydrogen-bond acceptors (Lipinski definition) is 4. The molecule has 1 atom stereocenters. The molecule has 2 N–H and O–H groups in total. The van der Waals surface area contributed by atoms with E-state index in [1.54, 1.807) is 12.3 Å². The van der Waals surface area contributed by atoms with Crippen LogP contribution in [0.15, 0.2) is 18.3 Å². The zero-order valence-electron chi connectivity index (χ0n) is 8.36. The van der Waals surface area contributed by atoms with E-state index in [1.807, 2.05) is 19.9 Å². The number of aromatic nitrogens is 1. The summed E-state index contributed by atoms with van der Waals surface area (Å²) in [7, 11) is 0. The third-order valence-electron chi connectivity index (χ3n) is 2.14. The van der Waals surface area contributed by atoms with E-state index < -0.39 is 5.79 Å². The molecular weight excluding hydrogens is 180 g/mol. The van der Waals surface area contributed by atoms with E-state index in [4.69, 9.17) is 15.2 Å². The van der Waals surface area contributed by atoms with E-state index in [2.05, 4.69) is 4.98 Å². The van der Waals surface area contributed by atoms with Crippen molar-refractivity contribution in [1.82, 2.24) is 4.98 Å². The summed E-state index contributed by atoms with van der Waals surface area (Å²) in [5.74, 6) is -0.517. The number of pyridine rings is 1. The lowest BCUT2D eigenvalue weighted by molar-refractivity contribution is -0.139. The fraction of sp³-hybridized carbons (Fsp3) is 0.500. The molecule has 0 bridgehead atoms. The average molecular weight is 194 g/mol. The van der Waals surface area contributed by atoms with Crippen molar-refractivity contribution >= 4 is 5.69 Å². The number of anilines is 1. The fourth-order valence-electron chi connectivity index (χ4n) is 1.47. The summed E-state index contributed by atoms with van der Waals surface area (Å²) < 4.78 is 11.1. The first-order valence-corrected chi connectivity index (χ1v) is 4.60. The molecule has 0 unspecified atom stereocenters. The van der Waals surface area contributed by atoms with Crippen molar-refractivity contribution in [2.75, 3.05) is 12.3 Å². The highest BCUT2D eigenvalue weighted by Gasteiger charge is 2.34. The van der Waals surface area contributed by atoms with Crippen LogP contribution in [0.5, 0.6) is 0 Å². The van der Waals surface area contributed by atoms with Gasteiger partial charge in [-0.1, -0.05) is 0 Å². The van der Waals surface area contributed by atoms with Crippen molar-refractivity contribution < 1.29 is 9.47 Å². The van der Waals surface area contributed by atoms with Crippen LogP contribution < -0.4 is 5.73 Å². The van der Waals surface area contributed by atoms with Gasteiger partial charge in [0.1, 0.15) is 6.10 Å². The van der Waals surface area contributed by atoms with Gasteiger partial charge in [0.2, 0.25) is 0 Å². The van der Waals surface area contributed by atoms with Gasteiger partial charge in [-0.3, -0.25) is 4.98 Å². The van der Waals surface area contributed by atoms with E-state index >= 15 is 0 Å². The number of nitrogens with two attached hydrogens (primary N) is 1. The first-order valence-electron chi connectivity index (χ1n) is 4.60. The minimum absolute atomic E-state index is 0.103. The van der Waals surface area contributed by atoms with Crippen LogP contribution in [0.4, 0.5) is 5.69 Å². The molecule has 2 heterocycles. The third-order valence-corrected chi connectivity index (χ3v) is 2.14. The molecular formula is C10H14N2O2. The second-order valence-corrected chi connectivity index (χ2v) is 3.83. The summed E-state index contributed by atoms with van der Waals surface area (Å²) in [6.45, 7) is 4.31. The van der Waals surface area contributed by atoms with Gasteiger partial charge in [-0.25, -0.2) is 0 Å². The molecule has 1 fully saturated rings. The quantitative estimate of drug-likeness (QED) is 0.735. The fourth-order valence-corrected chi connectivity index (χ4v) is 1.47. The van der Waals surface area contributed by atoms with Gasteiger partial charge < -0.3 is 15.2 Å². The van der Waals surface area contributed by atoms with E-state index in [-0.39, 0.29) is 6.10 Å². The largest absolute Gasteiger partial charge is 0.399 e. The van der Waals surface area contributed by atoms with Crippen LogP contribution in [0.1, 0.15) is 25.6 Å². The zero-order valence-corrected chi connectivity index (χ0v) is 8.36. The smallest absolute Gasteiger partial charge is 0.163 e. The number of nitrogen functional groups attached to an aromatic ring is 1. The molecule has 0 spiro atoms. The predicted molar refractivity (Wildman–Crippen MR) is 52.5 cm³/mol. The van der Waals surface area contributed by atoms with E-state index in [0.717, 1.165) is 5.69 Å². The predicted octanol–water partition coefficient (Wildman–Crippen LogP) is 1.49. The van der Waals surface area contributed by atoms with Gasteiger partial charge in [0, 0.05) is 11.9 Å². The molecule has 1 aromatic rings. The summed E-state index contributed by atoms with van der Waals surface area (Å²) >= 11 is 0. The van der Waals surface area contributed by atoms with Crippen LogP contribution in [0.2, 0.25) is 0 Å². The Bertz CT molecular complexity index is 339. The molecule has 1 aliphatic rings. The second kappa shape index (κ2) is 3.22. The van der Waals surface area contributed by atoms with Crippen LogP contribution in [0.25, 0.3) is 0 Å². The lowest BCUT2D eigenvalue weighted by atomic mass is 10.2. The van der Waals surface area contributed by atoms with Gasteiger partial charge in [-0.05, 0) is 26.0 Å². The van der Waals surface area contributed by atoms with Crippen molar-refractivity contribution in [2.45, 2.75) is 25.7 Å². The Hall–Kier alpha value is -1.13. The molecule has 0 saturated carbocycles. The Morgan fingerprint density at radius 2 is 2.36 bits per heavy atom. The maximum Gasteiger partial charge on any atom is 0.163 e. The number of ether oxygens (including phenoxy) is 2. The molecule has 4 heteroatoms. The Morgan fingerprint density at radius 3 is 2.93 bits per heavy atom. The normalized spacial score (nSPS) is 25.1. The number of rotatable bonds is 1. The molecule has 0 radical (unpaired) electrons. The monoisotopic (exact) mass is 194 g/mol. The molecule has 1 aliphatic heterocycles. The van der Waals surface area contributed by atoms with E-state index in [1.165, 1.54) is 0 Å². The molecule has 0 aromatic carbocycles. The van der Waals surface area contributed by atoms with Gasteiger partial charge in [0.05, 0.1) is 12.3 Å². The summed E-state index contributed by atoms with van der Waals surface area (Å²) in [6.07, 6.45) is 1.58. The Labute approximate surface area is 83.0 Å². The molecule has 1 saturated heterocycles. The highest BCUT2D eigenvalue weighted by Crippen LogP contribution is 2.32. The molecule has 1 aromatic heterocycles. The van der Waals surface area contributed by atoms with Crippen LogP contribution in [-0.2, 0) is 9.47 Å². The summed E-state index contributed by atoms with van der Waals surface area (Å²) in [5, 5.41) is 0. The lowest BCUT2D eigenvalue weighted by Gasteiger charge is -2.16. The van der Waals surface area contributed by atoms with Crippen LogP contribution in [0, 0.1) is 0 Å². The second-order valence-electron chi connectivity index (χ2n) is 3.83. The first-order chi connectivity index (χ1) is 6.57. The Morgan fingerprint density at radius 1 is 1.57 bits per heavy atom. The number of nitrogens with zero attached hydrogens (tertiary/aromatic N) is 1. The maximum absolute atomic E-state index is 5.66. The molecule has 4 nitrogen and oxygen atoms in total. The Kier molecular flexibility index (Phi) is 2.17. The highest BCUT2D eigenvalue weighted by atomic mass is 16.7. The summed E-state index contributed by atoms with van der Waals surface area (Å²) in [5.41, 5.74) is 7.18. The topological polar surface area (TPSA) is 57.4 Å². The van der Waals surface area contributed by atoms with Crippen molar-refractivity contribution in [3.8, 4) is 0 Å². The number of hydrogen-bond donors (Lipinski definition) is 1. The SMILES string of the molecule is CC1(C)OC[C@@H](c2cc(N)ccn2)O1. The third kappa shape index (κ3) is 1.86. The average Bonchev–Trinajstić information content (AvgIpc) is 2.46. The minimum Gasteiger partial charge on any atom is -0.399 e. The van der Waals surface area contributed by atoms with Gasteiger partial charge in [-0.2, -0.15) is 0 Å². The van der Waals surface area contributed by atoms with Crippen LogP contribution in [0.3, 0.4) is 0 Å². The minimum atomic E-state index is -0.517. The molecule has 14 heavy (non-hydrogen) atoms. The van der Waals surface area contributed by atoms with Gasteiger partial charge in [0.25, 0.3) is 0 Å². The molecule has 0 amide bonds. The van der Waals surface area contributed by atoms with Crippen molar-refractivity contribution in [3.63, 3.8) is 0 Å². The van der Waals surface area contributed by atoms with Gasteiger partial charge in [-0.15, -0.1) is 0 Å². The van der Waals surface area contributed by atoms with Crippen LogP contribution >= 0.6 is 0 Å². The van der Waals surface area contributed by atoms with E-state index in [0.29, 0.717) is 12.3 Å². The summed E-state index contributed by atoms with van der Waals surface area (Å²) in [6, 6.07) is 3.57.